The summed E-state index contributed by atoms with van der Waals surface area (Å²) in [5.74, 6) is 1.57. The molecule has 1 atom stereocenters. The predicted molar refractivity (Wildman–Crippen MR) is 104 cm³/mol. The number of ether oxygens (including phenoxy) is 2. The number of aromatic nitrogens is 2. The van der Waals surface area contributed by atoms with E-state index in [9.17, 15) is 0 Å². The van der Waals surface area contributed by atoms with E-state index in [0.29, 0.717) is 37.3 Å². The first-order valence-corrected chi connectivity index (χ1v) is 9.05. The summed E-state index contributed by atoms with van der Waals surface area (Å²) < 4.78 is 11.2. The lowest BCUT2D eigenvalue weighted by Gasteiger charge is -2.51. The number of guanidine groups is 1. The van der Waals surface area contributed by atoms with Gasteiger partial charge in [0.15, 0.2) is 11.8 Å². The van der Waals surface area contributed by atoms with Crippen molar-refractivity contribution in [2.45, 2.75) is 12.6 Å². The third kappa shape index (κ3) is 2.62. The molecule has 0 radical (unpaired) electrons. The molecule has 0 spiro atoms. The molecule has 5 N–H and O–H groups in total. The lowest BCUT2D eigenvalue weighted by Crippen LogP contribution is -2.63. The molecule has 2 aromatic rings. The number of benzene rings is 1. The Balaban J connectivity index is 1.95. The molecule has 1 fully saturated rings. The minimum absolute atomic E-state index is 0.418. The van der Waals surface area contributed by atoms with Crippen LogP contribution in [0.1, 0.15) is 12.5 Å². The summed E-state index contributed by atoms with van der Waals surface area (Å²) in [6, 6.07) is 4.07. The number of rotatable bonds is 4. The Hall–Kier alpha value is -2.78. The third-order valence-electron chi connectivity index (χ3n) is 5.31. The second-order valence-electron chi connectivity index (χ2n) is 6.58. The van der Waals surface area contributed by atoms with Gasteiger partial charge in [0.2, 0.25) is 0 Å². The molecule has 1 aromatic heterocycles. The molecule has 9 nitrogen and oxygen atoms in total. The zero-order valence-corrected chi connectivity index (χ0v) is 15.6. The van der Waals surface area contributed by atoms with Crippen LogP contribution in [0.4, 0.5) is 5.82 Å². The van der Waals surface area contributed by atoms with Gasteiger partial charge in [-0.05, 0) is 25.1 Å². The fraction of sp³-hybridized carbons (Fsp3) is 0.444. The summed E-state index contributed by atoms with van der Waals surface area (Å²) in [5.41, 5.74) is 13.5. The van der Waals surface area contributed by atoms with Gasteiger partial charge in [-0.3, -0.25) is 10.00 Å². The second-order valence-corrected chi connectivity index (χ2v) is 6.58. The Morgan fingerprint density at radius 2 is 2.07 bits per heavy atom. The maximum absolute atomic E-state index is 6.29. The number of anilines is 1. The molecule has 3 heterocycles. The number of methoxy groups -OCH3 is 1. The molecule has 1 unspecified atom stereocenters. The van der Waals surface area contributed by atoms with E-state index >= 15 is 0 Å². The maximum Gasteiger partial charge on any atom is 0.197 e. The normalized spacial score (nSPS) is 23.6. The number of nitrogens with zero attached hydrogens (tertiary/aromatic N) is 4. The zero-order chi connectivity index (χ0) is 19.0. The first-order valence-electron chi connectivity index (χ1n) is 9.05. The van der Waals surface area contributed by atoms with Gasteiger partial charge in [-0.25, -0.2) is 4.99 Å². The van der Waals surface area contributed by atoms with Crippen LogP contribution in [0.2, 0.25) is 0 Å². The molecule has 0 saturated carbocycles. The minimum Gasteiger partial charge on any atom is -0.496 e. The van der Waals surface area contributed by atoms with E-state index in [0.717, 1.165) is 29.6 Å². The van der Waals surface area contributed by atoms with Crippen molar-refractivity contribution in [3.05, 3.63) is 30.0 Å². The summed E-state index contributed by atoms with van der Waals surface area (Å²) in [7, 11) is 1.64. The first kappa shape index (κ1) is 17.6. The van der Waals surface area contributed by atoms with Gasteiger partial charge in [0.1, 0.15) is 11.4 Å². The number of nitrogen functional groups attached to an aromatic ring is 1. The number of likely N-dealkylation sites (N-methyl/N-ethyl adjacent to an activating group) is 1. The van der Waals surface area contributed by atoms with Gasteiger partial charge in [0.25, 0.3) is 0 Å². The van der Waals surface area contributed by atoms with Crippen molar-refractivity contribution in [3.63, 3.8) is 0 Å². The SMILES string of the molecule is CCN1C(N)=NC=CC1(c1cc(OC)c2c(N)n[nH]c2c1)N1CCOCC1. The van der Waals surface area contributed by atoms with Crippen molar-refractivity contribution in [3.8, 4) is 5.75 Å². The molecular weight excluding hydrogens is 346 g/mol. The Kier molecular flexibility index (Phi) is 4.40. The van der Waals surface area contributed by atoms with E-state index in [2.05, 4.69) is 44.1 Å². The van der Waals surface area contributed by atoms with Gasteiger partial charge >= 0.3 is 0 Å². The minimum atomic E-state index is -0.592. The first-order chi connectivity index (χ1) is 13.1. The van der Waals surface area contributed by atoms with Crippen LogP contribution in [-0.2, 0) is 10.4 Å². The fourth-order valence-electron chi connectivity index (χ4n) is 4.09. The quantitative estimate of drug-likeness (QED) is 0.727. The van der Waals surface area contributed by atoms with Crippen LogP contribution in [0.3, 0.4) is 0 Å². The molecule has 0 bridgehead atoms. The Bertz CT molecular complexity index is 900. The fourth-order valence-corrected chi connectivity index (χ4v) is 4.09. The maximum atomic E-state index is 6.29. The van der Waals surface area contributed by atoms with Gasteiger partial charge in [-0.15, -0.1) is 0 Å². The van der Waals surface area contributed by atoms with Crippen molar-refractivity contribution in [1.29, 1.82) is 0 Å². The van der Waals surface area contributed by atoms with Crippen molar-refractivity contribution < 1.29 is 9.47 Å². The number of hydrogen-bond acceptors (Lipinski definition) is 8. The van der Waals surface area contributed by atoms with E-state index in [-0.39, 0.29) is 0 Å². The highest BCUT2D eigenvalue weighted by Gasteiger charge is 2.45. The molecular formula is C18H25N7O2. The number of aliphatic imine (C=N–C) groups is 1. The molecule has 144 valence electrons. The summed E-state index contributed by atoms with van der Waals surface area (Å²) in [4.78, 5) is 8.77. The van der Waals surface area contributed by atoms with Crippen LogP contribution in [0.15, 0.2) is 29.4 Å². The number of morpholine rings is 1. The monoisotopic (exact) mass is 371 g/mol. The van der Waals surface area contributed by atoms with Crippen molar-refractivity contribution in [2.75, 3.05) is 45.7 Å². The summed E-state index contributed by atoms with van der Waals surface area (Å²) in [6.07, 6.45) is 3.85. The predicted octanol–water partition coefficient (Wildman–Crippen LogP) is 0.803. The van der Waals surface area contributed by atoms with E-state index in [4.69, 9.17) is 20.9 Å². The summed E-state index contributed by atoms with van der Waals surface area (Å²) >= 11 is 0. The number of aromatic amines is 1. The Morgan fingerprint density at radius 1 is 1.30 bits per heavy atom. The third-order valence-corrected chi connectivity index (χ3v) is 5.31. The number of hydrogen-bond donors (Lipinski definition) is 3. The van der Waals surface area contributed by atoms with Crippen molar-refractivity contribution in [2.24, 2.45) is 10.7 Å². The average Bonchev–Trinajstić information content (AvgIpc) is 3.08. The topological polar surface area (TPSA) is 118 Å². The van der Waals surface area contributed by atoms with Crippen LogP contribution >= 0.6 is 0 Å². The van der Waals surface area contributed by atoms with Gasteiger partial charge in [0, 0.05) is 31.4 Å². The largest absolute Gasteiger partial charge is 0.496 e. The molecule has 9 heteroatoms. The van der Waals surface area contributed by atoms with E-state index in [1.807, 2.05) is 6.07 Å². The summed E-state index contributed by atoms with van der Waals surface area (Å²) in [5, 5.41) is 7.92. The lowest BCUT2D eigenvalue weighted by atomic mass is 9.92. The molecule has 1 saturated heterocycles. The Morgan fingerprint density at radius 3 is 2.78 bits per heavy atom. The standard InChI is InChI=1S/C18H25N7O2/c1-3-25-17(20)21-5-4-18(25,24-6-8-27-9-7-24)12-10-13-15(14(11-12)26-2)16(19)23-22-13/h4-5,10-11H,3,6-9H2,1-2H3,(H2,20,21)(H3,19,22,23). The van der Waals surface area contributed by atoms with E-state index < -0.39 is 5.66 Å². The number of fused-ring (bicyclic) bond motifs is 1. The van der Waals surface area contributed by atoms with Gasteiger partial charge < -0.3 is 25.8 Å². The van der Waals surface area contributed by atoms with Gasteiger partial charge in [-0.1, -0.05) is 0 Å². The number of nitrogens with two attached hydrogens (primary N) is 2. The van der Waals surface area contributed by atoms with Gasteiger partial charge in [-0.2, -0.15) is 5.10 Å². The smallest absolute Gasteiger partial charge is 0.197 e. The Labute approximate surface area is 157 Å². The highest BCUT2D eigenvalue weighted by molar-refractivity contribution is 5.95. The number of H-pyrrole nitrogens is 1. The molecule has 27 heavy (non-hydrogen) atoms. The lowest BCUT2D eigenvalue weighted by molar-refractivity contribution is -0.0550. The molecule has 0 amide bonds. The molecule has 2 aliphatic heterocycles. The van der Waals surface area contributed by atoms with E-state index in [1.165, 1.54) is 0 Å². The number of nitrogens with one attached hydrogen (secondary N) is 1. The molecule has 4 rings (SSSR count). The average molecular weight is 371 g/mol. The molecule has 0 aliphatic carbocycles. The highest BCUT2D eigenvalue weighted by Crippen LogP contribution is 2.41. The molecule has 2 aliphatic rings. The van der Waals surface area contributed by atoms with Crippen LogP contribution in [0, 0.1) is 0 Å². The second kappa shape index (κ2) is 6.75. The van der Waals surface area contributed by atoms with Crippen molar-refractivity contribution >= 4 is 22.7 Å². The zero-order valence-electron chi connectivity index (χ0n) is 15.6. The van der Waals surface area contributed by atoms with Crippen LogP contribution in [0.25, 0.3) is 10.9 Å². The van der Waals surface area contributed by atoms with Crippen LogP contribution < -0.4 is 16.2 Å². The van der Waals surface area contributed by atoms with Gasteiger partial charge in [0.05, 0.1) is 31.2 Å². The highest BCUT2D eigenvalue weighted by atomic mass is 16.5. The van der Waals surface area contributed by atoms with E-state index in [1.54, 1.807) is 13.3 Å². The van der Waals surface area contributed by atoms with Crippen LogP contribution in [0.5, 0.6) is 5.75 Å². The summed E-state index contributed by atoms with van der Waals surface area (Å²) in [6.45, 7) is 5.66. The molecule has 1 aromatic carbocycles. The van der Waals surface area contributed by atoms with Crippen molar-refractivity contribution in [1.82, 2.24) is 20.0 Å². The van der Waals surface area contributed by atoms with Crippen LogP contribution in [-0.4, -0.2) is 65.9 Å².